The lowest BCUT2D eigenvalue weighted by atomic mass is 10.1. The van der Waals surface area contributed by atoms with E-state index in [-0.39, 0.29) is 5.82 Å². The average Bonchev–Trinajstić information content (AvgIpc) is 2.66. The van der Waals surface area contributed by atoms with Gasteiger partial charge in [-0.2, -0.15) is 0 Å². The molecule has 144 valence electrons. The number of nitrogens with one attached hydrogen (secondary N) is 3. The number of hydrogen-bond donors (Lipinski definition) is 4. The van der Waals surface area contributed by atoms with Crippen LogP contribution in [0.1, 0.15) is 5.56 Å². The molecular formula is C17H19N8O2S+. The molecule has 0 fully saturated rings. The number of fused-ring (bicyclic) bond motifs is 1. The van der Waals surface area contributed by atoms with Crippen LogP contribution in [0.15, 0.2) is 42.7 Å². The molecule has 3 aromatic heterocycles. The number of anilines is 3. The van der Waals surface area contributed by atoms with Gasteiger partial charge in [-0.05, 0) is 30.3 Å². The highest BCUT2D eigenvalue weighted by Gasteiger charge is 2.07. The van der Waals surface area contributed by atoms with Crippen molar-refractivity contribution >= 4 is 50.3 Å². The summed E-state index contributed by atoms with van der Waals surface area (Å²) in [5.74, 6) is 1.09. The number of hydrogen-bond acceptors (Lipinski definition) is 8. The topological polar surface area (TPSA) is 150 Å². The molecule has 5 N–H and O–H groups in total. The van der Waals surface area contributed by atoms with E-state index in [9.17, 15) is 8.42 Å². The summed E-state index contributed by atoms with van der Waals surface area (Å²) >= 11 is 0. The van der Waals surface area contributed by atoms with Crippen LogP contribution in [0.25, 0.3) is 16.6 Å². The molecule has 0 aliphatic heterocycles. The highest BCUT2D eigenvalue weighted by atomic mass is 32.2. The van der Waals surface area contributed by atoms with Crippen molar-refractivity contribution in [3.8, 4) is 0 Å². The lowest BCUT2D eigenvalue weighted by Crippen LogP contribution is -2.63. The van der Waals surface area contributed by atoms with Crippen molar-refractivity contribution < 1.29 is 13.4 Å². The summed E-state index contributed by atoms with van der Waals surface area (Å²) in [7, 11) is -1.62. The molecule has 0 spiro atoms. The predicted octanol–water partition coefficient (Wildman–Crippen LogP) is -0.384. The Labute approximate surface area is 161 Å². The Hall–Kier alpha value is -3.60. The van der Waals surface area contributed by atoms with Crippen LogP contribution in [0.4, 0.5) is 17.5 Å². The third kappa shape index (κ3) is 4.76. The molecule has 0 aliphatic carbocycles. The van der Waals surface area contributed by atoms with E-state index in [1.165, 1.54) is 12.3 Å². The lowest BCUT2D eigenvalue weighted by molar-refractivity contribution is -0.412. The second-order valence-corrected chi connectivity index (χ2v) is 7.57. The molecule has 0 atom stereocenters. The number of aromatic nitrogens is 4. The first kappa shape index (κ1) is 19.2. The third-order valence-electron chi connectivity index (χ3n) is 3.56. The number of nitrogens with two attached hydrogens (primary N) is 1. The zero-order valence-corrected chi connectivity index (χ0v) is 16.0. The molecule has 3 rings (SSSR count). The van der Waals surface area contributed by atoms with Gasteiger partial charge in [0.05, 0.1) is 22.9 Å². The Kier molecular flexibility index (Phi) is 5.45. The van der Waals surface area contributed by atoms with Gasteiger partial charge in [-0.3, -0.25) is 14.7 Å². The van der Waals surface area contributed by atoms with Crippen molar-refractivity contribution in [3.05, 3.63) is 48.3 Å². The Morgan fingerprint density at radius 1 is 1.11 bits per heavy atom. The molecule has 0 saturated heterocycles. The zero-order valence-electron chi connectivity index (χ0n) is 15.2. The maximum atomic E-state index is 11.2. The molecule has 28 heavy (non-hydrogen) atoms. The minimum absolute atomic E-state index is 0.134. The number of allylic oxidation sites excluding steroid dienone is 1. The van der Waals surface area contributed by atoms with Gasteiger partial charge >= 0.3 is 0 Å². The van der Waals surface area contributed by atoms with E-state index in [4.69, 9.17) is 5.73 Å². The Morgan fingerprint density at radius 3 is 2.46 bits per heavy atom. The minimum Gasteiger partial charge on any atom is -0.404 e. The summed E-state index contributed by atoms with van der Waals surface area (Å²) in [5, 5.41) is 10.8. The Morgan fingerprint density at radius 2 is 1.82 bits per heavy atom. The summed E-state index contributed by atoms with van der Waals surface area (Å²) in [6, 6.07) is 8.57. The van der Waals surface area contributed by atoms with E-state index in [2.05, 4.69) is 35.2 Å². The van der Waals surface area contributed by atoms with E-state index in [0.717, 1.165) is 22.9 Å². The van der Waals surface area contributed by atoms with Crippen LogP contribution in [0, 0.1) is 0 Å². The van der Waals surface area contributed by atoms with E-state index < -0.39 is 10.0 Å². The van der Waals surface area contributed by atoms with E-state index in [1.54, 1.807) is 31.6 Å². The molecule has 3 heterocycles. The molecule has 0 radical (unpaired) electrons. The van der Waals surface area contributed by atoms with Gasteiger partial charge in [0.2, 0.25) is 10.0 Å². The van der Waals surface area contributed by atoms with Gasteiger partial charge in [-0.25, -0.2) is 13.4 Å². The first-order valence-corrected chi connectivity index (χ1v) is 10.1. The first-order valence-electron chi connectivity index (χ1n) is 8.16. The summed E-state index contributed by atoms with van der Waals surface area (Å²) < 4.78 is 24.7. The van der Waals surface area contributed by atoms with Crippen molar-refractivity contribution in [3.63, 3.8) is 0 Å². The fourth-order valence-electron chi connectivity index (χ4n) is 2.39. The van der Waals surface area contributed by atoms with Crippen LogP contribution in [-0.4, -0.2) is 48.1 Å². The van der Waals surface area contributed by atoms with E-state index in [1.807, 2.05) is 12.1 Å². The van der Waals surface area contributed by atoms with Crippen LogP contribution >= 0.6 is 0 Å². The SMILES string of the molecule is C[NH+]=CC(=CN)c1cnc2ccc(Nc3ccc(NS(C)(=O)=O)nn3)nc2c1. The smallest absolute Gasteiger partial charge is 0.231 e. The van der Waals surface area contributed by atoms with Crippen molar-refractivity contribution in [2.24, 2.45) is 5.73 Å². The fraction of sp³-hybridized carbons (Fsp3) is 0.118. The predicted molar refractivity (Wildman–Crippen MR) is 108 cm³/mol. The van der Waals surface area contributed by atoms with Crippen LogP contribution in [0.3, 0.4) is 0 Å². The Balaban J connectivity index is 1.85. The highest BCUT2D eigenvalue weighted by Crippen LogP contribution is 2.20. The van der Waals surface area contributed by atoms with Gasteiger partial charge in [0, 0.05) is 18.0 Å². The van der Waals surface area contributed by atoms with Crippen molar-refractivity contribution in [1.82, 2.24) is 20.2 Å². The van der Waals surface area contributed by atoms with Crippen LogP contribution in [0.5, 0.6) is 0 Å². The van der Waals surface area contributed by atoms with Crippen molar-refractivity contribution in [2.75, 3.05) is 23.3 Å². The summed E-state index contributed by atoms with van der Waals surface area (Å²) in [6.45, 7) is 0. The van der Waals surface area contributed by atoms with Gasteiger partial charge in [0.25, 0.3) is 0 Å². The third-order valence-corrected chi connectivity index (χ3v) is 4.14. The highest BCUT2D eigenvalue weighted by molar-refractivity contribution is 7.92. The molecule has 11 heteroatoms. The fourth-order valence-corrected chi connectivity index (χ4v) is 2.88. The summed E-state index contributed by atoms with van der Waals surface area (Å²) in [4.78, 5) is 11.9. The molecule has 0 bridgehead atoms. The second kappa shape index (κ2) is 7.96. The number of rotatable bonds is 6. The normalized spacial score (nSPS) is 12.4. The van der Waals surface area contributed by atoms with Crippen molar-refractivity contribution in [2.45, 2.75) is 0 Å². The van der Waals surface area contributed by atoms with Crippen molar-refractivity contribution in [1.29, 1.82) is 0 Å². The summed E-state index contributed by atoms with van der Waals surface area (Å²) in [6.07, 6.45) is 6.03. The average molecular weight is 399 g/mol. The lowest BCUT2D eigenvalue weighted by Gasteiger charge is -2.07. The van der Waals surface area contributed by atoms with Gasteiger partial charge in [0.15, 0.2) is 17.9 Å². The second-order valence-electron chi connectivity index (χ2n) is 5.82. The summed E-state index contributed by atoms with van der Waals surface area (Å²) in [5.41, 5.74) is 8.68. The standard InChI is InChI=1S/C17H18N8O2S/c1-19-9-12(8-18)11-7-14-13(20-10-11)3-4-15(21-14)22-16-5-6-17(24-23-16)25-28(2,26)27/h3-10H,18H2,1-2H3,(H,24,25)(H,21,22,23)/p+1. The molecule has 0 amide bonds. The van der Waals surface area contributed by atoms with Gasteiger partial charge in [-0.1, -0.05) is 0 Å². The van der Waals surface area contributed by atoms with Crippen LogP contribution in [-0.2, 0) is 10.0 Å². The monoisotopic (exact) mass is 399 g/mol. The molecule has 3 aromatic rings. The molecule has 0 saturated carbocycles. The van der Waals surface area contributed by atoms with Crippen LogP contribution < -0.4 is 20.8 Å². The van der Waals surface area contributed by atoms with E-state index in [0.29, 0.717) is 17.2 Å². The molecule has 0 unspecified atom stereocenters. The van der Waals surface area contributed by atoms with Gasteiger partial charge < -0.3 is 11.1 Å². The number of nitrogens with zero attached hydrogens (tertiary/aromatic N) is 4. The molecular weight excluding hydrogens is 380 g/mol. The number of pyridine rings is 2. The number of sulfonamides is 1. The first-order chi connectivity index (χ1) is 13.4. The Bertz CT molecular complexity index is 1160. The van der Waals surface area contributed by atoms with Crippen LogP contribution in [0.2, 0.25) is 0 Å². The molecule has 0 aromatic carbocycles. The molecule has 10 nitrogen and oxygen atoms in total. The maximum Gasteiger partial charge on any atom is 0.231 e. The van der Waals surface area contributed by atoms with Gasteiger partial charge in [0.1, 0.15) is 12.9 Å². The quantitative estimate of drug-likeness (QED) is 0.410. The minimum atomic E-state index is -3.40. The van der Waals surface area contributed by atoms with Gasteiger partial charge in [-0.15, -0.1) is 10.2 Å². The maximum absolute atomic E-state index is 11.2. The van der Waals surface area contributed by atoms with E-state index >= 15 is 0 Å². The largest absolute Gasteiger partial charge is 0.404 e. The zero-order chi connectivity index (χ0) is 20.1. The molecule has 0 aliphatic rings.